The fourth-order valence-corrected chi connectivity index (χ4v) is 2.64. The summed E-state index contributed by atoms with van der Waals surface area (Å²) in [4.78, 5) is 12.5. The summed E-state index contributed by atoms with van der Waals surface area (Å²) in [5.41, 5.74) is 3.60. The quantitative estimate of drug-likeness (QED) is 0.528. The van der Waals surface area contributed by atoms with Crippen molar-refractivity contribution >= 4 is 33.2 Å². The van der Waals surface area contributed by atoms with Gasteiger partial charge in [0.2, 0.25) is 0 Å². The lowest BCUT2D eigenvalue weighted by atomic mass is 9.98. The van der Waals surface area contributed by atoms with Gasteiger partial charge in [0.05, 0.1) is 0 Å². The van der Waals surface area contributed by atoms with E-state index in [1.54, 1.807) is 0 Å². The van der Waals surface area contributed by atoms with Gasteiger partial charge in [0.1, 0.15) is 11.6 Å². The Bertz CT molecular complexity index is 833. The molecule has 0 spiro atoms. The van der Waals surface area contributed by atoms with Crippen LogP contribution in [-0.4, -0.2) is 5.91 Å². The molecule has 2 N–H and O–H groups in total. The fourth-order valence-electron chi connectivity index (χ4n) is 2.37. The number of benzene rings is 2. The lowest BCUT2D eigenvalue weighted by molar-refractivity contribution is -0.112. The molecule has 2 aromatic carbocycles. The Labute approximate surface area is 156 Å². The van der Waals surface area contributed by atoms with Crippen LogP contribution >= 0.6 is 15.9 Å². The lowest BCUT2D eigenvalue weighted by Crippen LogP contribution is -2.17. The summed E-state index contributed by atoms with van der Waals surface area (Å²) in [6.07, 6.45) is 1.42. The SMILES string of the molecule is Cc1cccc(C(C)C)c1NC(=O)/C(C#N)=C\Nc1ccc(Br)cc1. The van der Waals surface area contributed by atoms with Crippen LogP contribution in [0.5, 0.6) is 0 Å². The smallest absolute Gasteiger partial charge is 0.267 e. The zero-order chi connectivity index (χ0) is 18.4. The van der Waals surface area contributed by atoms with E-state index in [0.717, 1.165) is 27.0 Å². The van der Waals surface area contributed by atoms with Crippen molar-refractivity contribution in [3.8, 4) is 6.07 Å². The maximum Gasteiger partial charge on any atom is 0.267 e. The lowest BCUT2D eigenvalue weighted by Gasteiger charge is -2.16. The molecule has 4 nitrogen and oxygen atoms in total. The number of hydrogen-bond donors (Lipinski definition) is 2. The normalized spacial score (nSPS) is 11.1. The number of rotatable bonds is 5. The number of carbonyl (C=O) groups is 1. The molecule has 0 fully saturated rings. The van der Waals surface area contributed by atoms with E-state index in [1.807, 2.05) is 55.5 Å². The number of nitriles is 1. The highest BCUT2D eigenvalue weighted by Crippen LogP contribution is 2.27. The zero-order valence-corrected chi connectivity index (χ0v) is 16.0. The number of nitrogens with zero attached hydrogens (tertiary/aromatic N) is 1. The van der Waals surface area contributed by atoms with E-state index in [1.165, 1.54) is 6.20 Å². The highest BCUT2D eigenvalue weighted by Gasteiger charge is 2.15. The van der Waals surface area contributed by atoms with Crippen LogP contribution in [0.2, 0.25) is 0 Å². The van der Waals surface area contributed by atoms with Crippen LogP contribution in [0.3, 0.4) is 0 Å². The average Bonchev–Trinajstić information content (AvgIpc) is 2.58. The molecule has 2 aromatic rings. The Hall–Kier alpha value is -2.58. The second kappa shape index (κ2) is 8.50. The van der Waals surface area contributed by atoms with Crippen LogP contribution in [0.4, 0.5) is 11.4 Å². The first kappa shape index (κ1) is 18.8. The summed E-state index contributed by atoms with van der Waals surface area (Å²) in [6.45, 7) is 6.08. The van der Waals surface area contributed by atoms with Gasteiger partial charge < -0.3 is 10.6 Å². The average molecular weight is 398 g/mol. The number of aryl methyl sites for hydroxylation is 1. The summed E-state index contributed by atoms with van der Waals surface area (Å²) < 4.78 is 0.959. The molecular formula is C20H20BrN3O. The highest BCUT2D eigenvalue weighted by molar-refractivity contribution is 9.10. The standard InChI is InChI=1S/C20H20BrN3O/c1-13(2)18-6-4-5-14(3)19(18)24-20(25)15(11-22)12-23-17-9-7-16(21)8-10-17/h4-10,12-13,23H,1-3H3,(H,24,25)/b15-12-. The molecule has 0 atom stereocenters. The van der Waals surface area contributed by atoms with Crippen molar-refractivity contribution in [1.82, 2.24) is 0 Å². The summed E-state index contributed by atoms with van der Waals surface area (Å²) in [6, 6.07) is 15.3. The molecule has 0 aliphatic heterocycles. The molecule has 0 bridgehead atoms. The van der Waals surface area contributed by atoms with Gasteiger partial charge in [0.25, 0.3) is 5.91 Å². The number of anilines is 2. The van der Waals surface area contributed by atoms with E-state index in [9.17, 15) is 10.1 Å². The van der Waals surface area contributed by atoms with Crippen molar-refractivity contribution in [2.24, 2.45) is 0 Å². The summed E-state index contributed by atoms with van der Waals surface area (Å²) in [5.74, 6) is -0.158. The Balaban J connectivity index is 2.20. The van der Waals surface area contributed by atoms with Crippen molar-refractivity contribution in [3.05, 3.63) is 69.8 Å². The molecule has 0 radical (unpaired) electrons. The molecule has 25 heavy (non-hydrogen) atoms. The molecule has 0 aliphatic carbocycles. The zero-order valence-electron chi connectivity index (χ0n) is 14.4. The number of para-hydroxylation sites is 1. The Morgan fingerprint density at radius 3 is 2.48 bits per heavy atom. The number of hydrogen-bond acceptors (Lipinski definition) is 3. The van der Waals surface area contributed by atoms with Gasteiger partial charge in [-0.3, -0.25) is 4.79 Å². The van der Waals surface area contributed by atoms with Gasteiger partial charge in [0.15, 0.2) is 0 Å². The van der Waals surface area contributed by atoms with Crippen molar-refractivity contribution in [2.45, 2.75) is 26.7 Å². The number of amides is 1. The van der Waals surface area contributed by atoms with Crippen LogP contribution in [0, 0.1) is 18.3 Å². The second-order valence-electron chi connectivity index (χ2n) is 5.97. The van der Waals surface area contributed by atoms with Gasteiger partial charge in [-0.2, -0.15) is 5.26 Å². The van der Waals surface area contributed by atoms with Crippen molar-refractivity contribution in [3.63, 3.8) is 0 Å². The molecule has 0 saturated carbocycles. The van der Waals surface area contributed by atoms with Gasteiger partial charge >= 0.3 is 0 Å². The molecule has 0 aromatic heterocycles. The summed E-state index contributed by atoms with van der Waals surface area (Å²) >= 11 is 3.36. The van der Waals surface area contributed by atoms with Crippen LogP contribution in [0.25, 0.3) is 0 Å². The Morgan fingerprint density at radius 2 is 1.88 bits per heavy atom. The maximum absolute atomic E-state index is 12.5. The third-order valence-corrected chi connectivity index (χ3v) is 4.29. The number of nitrogens with one attached hydrogen (secondary N) is 2. The molecule has 0 unspecified atom stereocenters. The minimum atomic E-state index is -0.427. The predicted octanol–water partition coefficient (Wildman–Crippen LogP) is 5.34. The first-order valence-electron chi connectivity index (χ1n) is 7.95. The molecule has 2 rings (SSSR count). The molecule has 1 amide bonds. The van der Waals surface area contributed by atoms with Crippen LogP contribution in [-0.2, 0) is 4.79 Å². The van der Waals surface area contributed by atoms with Crippen LogP contribution in [0.1, 0.15) is 30.9 Å². The van der Waals surface area contributed by atoms with Crippen LogP contribution < -0.4 is 10.6 Å². The maximum atomic E-state index is 12.5. The second-order valence-corrected chi connectivity index (χ2v) is 6.88. The van der Waals surface area contributed by atoms with Crippen molar-refractivity contribution in [2.75, 3.05) is 10.6 Å². The number of carbonyl (C=O) groups excluding carboxylic acids is 1. The minimum absolute atomic E-state index is 0.0147. The van der Waals surface area contributed by atoms with Gasteiger partial charge in [-0.1, -0.05) is 48.0 Å². The summed E-state index contributed by atoms with van der Waals surface area (Å²) in [7, 11) is 0. The van der Waals surface area contributed by atoms with Crippen molar-refractivity contribution in [1.29, 1.82) is 5.26 Å². The van der Waals surface area contributed by atoms with E-state index in [-0.39, 0.29) is 11.5 Å². The van der Waals surface area contributed by atoms with Crippen LogP contribution in [0.15, 0.2) is 58.7 Å². The van der Waals surface area contributed by atoms with E-state index in [2.05, 4.69) is 40.4 Å². The molecule has 0 aliphatic rings. The molecule has 5 heteroatoms. The van der Waals surface area contributed by atoms with E-state index >= 15 is 0 Å². The van der Waals surface area contributed by atoms with Crippen molar-refractivity contribution < 1.29 is 4.79 Å². The van der Waals surface area contributed by atoms with E-state index in [4.69, 9.17) is 0 Å². The first-order chi connectivity index (χ1) is 11.9. The Kier molecular flexibility index (Phi) is 6.37. The largest absolute Gasteiger partial charge is 0.360 e. The molecule has 0 saturated heterocycles. The fraction of sp³-hybridized carbons (Fsp3) is 0.200. The third kappa shape index (κ3) is 4.94. The van der Waals surface area contributed by atoms with E-state index in [0.29, 0.717) is 0 Å². The Morgan fingerprint density at radius 1 is 1.20 bits per heavy atom. The molecular weight excluding hydrogens is 378 g/mol. The van der Waals surface area contributed by atoms with Gasteiger partial charge in [-0.15, -0.1) is 0 Å². The molecule has 128 valence electrons. The minimum Gasteiger partial charge on any atom is -0.360 e. The third-order valence-electron chi connectivity index (χ3n) is 3.76. The summed E-state index contributed by atoms with van der Waals surface area (Å²) in [5, 5.41) is 15.2. The monoisotopic (exact) mass is 397 g/mol. The predicted molar refractivity (Wildman–Crippen MR) is 105 cm³/mol. The molecule has 0 heterocycles. The topological polar surface area (TPSA) is 64.9 Å². The first-order valence-corrected chi connectivity index (χ1v) is 8.75. The van der Waals surface area contributed by atoms with Gasteiger partial charge in [-0.05, 0) is 48.2 Å². The number of halogens is 1. The van der Waals surface area contributed by atoms with Gasteiger partial charge in [0, 0.05) is 22.0 Å². The highest BCUT2D eigenvalue weighted by atomic mass is 79.9. The van der Waals surface area contributed by atoms with Gasteiger partial charge in [-0.25, -0.2) is 0 Å². The van der Waals surface area contributed by atoms with E-state index < -0.39 is 5.91 Å².